The number of anilines is 2. The number of hydrogen-bond acceptors (Lipinski definition) is 2. The number of benzene rings is 3. The fourth-order valence-corrected chi connectivity index (χ4v) is 5.18. The third-order valence-corrected chi connectivity index (χ3v) is 6.96. The van der Waals surface area contributed by atoms with E-state index >= 15 is 0 Å². The van der Waals surface area contributed by atoms with E-state index in [9.17, 15) is 18.4 Å². The fraction of sp³-hybridized carbons (Fsp3) is 0.130. The van der Waals surface area contributed by atoms with Crippen LogP contribution in [0, 0.1) is 17.6 Å². The van der Waals surface area contributed by atoms with Crippen molar-refractivity contribution in [3.8, 4) is 0 Å². The maximum absolute atomic E-state index is 13.9. The van der Waals surface area contributed by atoms with Gasteiger partial charge in [-0.1, -0.05) is 40.9 Å². The van der Waals surface area contributed by atoms with Crippen LogP contribution in [0.5, 0.6) is 0 Å². The molecule has 2 atom stereocenters. The molecule has 0 aromatic heterocycles. The number of rotatable bonds is 5. The Morgan fingerprint density at radius 2 is 1.47 bits per heavy atom. The Bertz CT molecular complexity index is 1280. The molecule has 1 aliphatic rings. The van der Waals surface area contributed by atoms with Crippen LogP contribution in [0.1, 0.15) is 21.8 Å². The van der Waals surface area contributed by atoms with Crippen molar-refractivity contribution in [2.45, 2.75) is 10.3 Å². The second-order valence-electron chi connectivity index (χ2n) is 7.57. The standard InChI is InChI=1S/C23H13Cl5F2N2O2/c24-11-6-10(7-12(25)8-11)19-20(23(19,27)28)22(34)31-13-4-5-14(26)17(9-13)32-21(33)18-15(29)2-1-3-16(18)30/h1-9,19-20H,(H,31,34)(H,32,33). The van der Waals surface area contributed by atoms with Crippen molar-refractivity contribution >= 4 is 81.2 Å². The maximum atomic E-state index is 13.9. The van der Waals surface area contributed by atoms with Gasteiger partial charge in [-0.3, -0.25) is 9.59 Å². The molecule has 4 rings (SSSR count). The van der Waals surface area contributed by atoms with Gasteiger partial charge in [0.05, 0.1) is 16.6 Å². The van der Waals surface area contributed by atoms with Crippen molar-refractivity contribution in [3.63, 3.8) is 0 Å². The predicted molar refractivity (Wildman–Crippen MR) is 132 cm³/mol. The smallest absolute Gasteiger partial charge is 0.261 e. The van der Waals surface area contributed by atoms with Gasteiger partial charge in [0, 0.05) is 21.7 Å². The van der Waals surface area contributed by atoms with Gasteiger partial charge in [0.15, 0.2) is 0 Å². The van der Waals surface area contributed by atoms with E-state index in [1.807, 2.05) is 0 Å². The van der Waals surface area contributed by atoms with Gasteiger partial charge in [-0.25, -0.2) is 8.78 Å². The highest BCUT2D eigenvalue weighted by molar-refractivity contribution is 6.53. The lowest BCUT2D eigenvalue weighted by Gasteiger charge is -2.11. The molecular weight excluding hydrogens is 552 g/mol. The van der Waals surface area contributed by atoms with Crippen LogP contribution in [-0.4, -0.2) is 16.1 Å². The topological polar surface area (TPSA) is 58.2 Å². The molecule has 0 bridgehead atoms. The molecule has 0 saturated heterocycles. The Labute approximate surface area is 218 Å². The van der Waals surface area contributed by atoms with Crippen LogP contribution in [0.3, 0.4) is 0 Å². The second kappa shape index (κ2) is 9.51. The molecule has 0 spiro atoms. The lowest BCUT2D eigenvalue weighted by atomic mass is 10.1. The molecule has 2 unspecified atom stereocenters. The second-order valence-corrected chi connectivity index (χ2v) is 10.3. The summed E-state index contributed by atoms with van der Waals surface area (Å²) in [5.41, 5.74) is 0.128. The summed E-state index contributed by atoms with van der Waals surface area (Å²) in [5, 5.41) is 5.85. The number of nitrogens with one attached hydrogen (secondary N) is 2. The van der Waals surface area contributed by atoms with Crippen LogP contribution in [0.4, 0.5) is 20.2 Å². The van der Waals surface area contributed by atoms with Gasteiger partial charge in [-0.15, -0.1) is 23.2 Å². The fourth-order valence-electron chi connectivity index (χ4n) is 3.64. The number of carbonyl (C=O) groups excluding carboxylic acids is 2. The molecule has 1 aliphatic carbocycles. The Morgan fingerprint density at radius 3 is 2.09 bits per heavy atom. The molecular formula is C23H13Cl5F2N2O2. The molecule has 3 aromatic carbocycles. The summed E-state index contributed by atoms with van der Waals surface area (Å²) in [5.74, 6) is -4.96. The summed E-state index contributed by atoms with van der Waals surface area (Å²) in [4.78, 5) is 25.3. The van der Waals surface area contributed by atoms with E-state index in [0.717, 1.165) is 18.2 Å². The summed E-state index contributed by atoms with van der Waals surface area (Å²) >= 11 is 30.9. The minimum atomic E-state index is -1.38. The zero-order valence-corrected chi connectivity index (χ0v) is 20.6. The molecule has 11 heteroatoms. The zero-order valence-electron chi connectivity index (χ0n) is 16.8. The third-order valence-electron chi connectivity index (χ3n) is 5.25. The van der Waals surface area contributed by atoms with Gasteiger partial charge in [0.2, 0.25) is 5.91 Å². The van der Waals surface area contributed by atoms with E-state index in [2.05, 4.69) is 10.6 Å². The molecule has 1 fully saturated rings. The highest BCUT2D eigenvalue weighted by atomic mass is 35.5. The van der Waals surface area contributed by atoms with Gasteiger partial charge in [-0.2, -0.15) is 0 Å². The van der Waals surface area contributed by atoms with Crippen LogP contribution in [0.25, 0.3) is 0 Å². The molecule has 2 amide bonds. The first kappa shape index (κ1) is 25.0. The quantitative estimate of drug-likeness (QED) is 0.312. The molecule has 4 nitrogen and oxygen atoms in total. The minimum absolute atomic E-state index is 0.0316. The van der Waals surface area contributed by atoms with Crippen LogP contribution in [0.15, 0.2) is 54.6 Å². The molecule has 0 heterocycles. The van der Waals surface area contributed by atoms with Crippen LogP contribution < -0.4 is 10.6 Å². The first-order valence-corrected chi connectivity index (χ1v) is 11.6. The first-order chi connectivity index (χ1) is 16.0. The summed E-state index contributed by atoms with van der Waals surface area (Å²) in [6.07, 6.45) is 0. The lowest BCUT2D eigenvalue weighted by Crippen LogP contribution is -2.18. The molecule has 2 N–H and O–H groups in total. The van der Waals surface area contributed by atoms with Crippen molar-refractivity contribution in [2.75, 3.05) is 10.6 Å². The molecule has 1 saturated carbocycles. The molecule has 3 aromatic rings. The van der Waals surface area contributed by atoms with E-state index in [4.69, 9.17) is 58.0 Å². The largest absolute Gasteiger partial charge is 0.326 e. The van der Waals surface area contributed by atoms with Crippen LogP contribution in [-0.2, 0) is 4.79 Å². The molecule has 0 radical (unpaired) electrons. The molecule has 34 heavy (non-hydrogen) atoms. The number of carbonyl (C=O) groups is 2. The van der Waals surface area contributed by atoms with Gasteiger partial charge in [0.1, 0.15) is 21.5 Å². The summed E-state index contributed by atoms with van der Waals surface area (Å²) in [6, 6.07) is 12.1. The zero-order chi connectivity index (χ0) is 24.8. The Kier molecular flexibility index (Phi) is 7.00. The Morgan fingerprint density at radius 1 is 0.853 bits per heavy atom. The Hall–Kier alpha value is -2.09. The predicted octanol–water partition coefficient (Wildman–Crippen LogP) is 7.70. The van der Waals surface area contributed by atoms with Crippen molar-refractivity contribution < 1.29 is 18.4 Å². The number of hydrogen-bond donors (Lipinski definition) is 2. The summed E-state index contributed by atoms with van der Waals surface area (Å²) in [7, 11) is 0. The number of amides is 2. The monoisotopic (exact) mass is 562 g/mol. The van der Waals surface area contributed by atoms with Crippen molar-refractivity contribution in [1.29, 1.82) is 0 Å². The van der Waals surface area contributed by atoms with Crippen LogP contribution >= 0.6 is 58.0 Å². The van der Waals surface area contributed by atoms with E-state index in [1.165, 1.54) is 18.2 Å². The van der Waals surface area contributed by atoms with E-state index in [1.54, 1.807) is 18.2 Å². The van der Waals surface area contributed by atoms with Gasteiger partial charge >= 0.3 is 0 Å². The van der Waals surface area contributed by atoms with Crippen LogP contribution in [0.2, 0.25) is 15.1 Å². The number of alkyl halides is 2. The normalized spacial score (nSPS) is 18.3. The van der Waals surface area contributed by atoms with E-state index < -0.39 is 45.2 Å². The van der Waals surface area contributed by atoms with Gasteiger partial charge in [-0.05, 0) is 54.1 Å². The van der Waals surface area contributed by atoms with Crippen molar-refractivity contribution in [3.05, 3.63) is 92.4 Å². The highest BCUT2D eigenvalue weighted by Gasteiger charge is 2.67. The van der Waals surface area contributed by atoms with Gasteiger partial charge < -0.3 is 10.6 Å². The molecule has 0 aliphatic heterocycles. The minimum Gasteiger partial charge on any atom is -0.326 e. The highest BCUT2D eigenvalue weighted by Crippen LogP contribution is 2.65. The van der Waals surface area contributed by atoms with Crippen molar-refractivity contribution in [1.82, 2.24) is 0 Å². The average molecular weight is 565 g/mol. The average Bonchev–Trinajstić information content (AvgIpc) is 3.32. The third kappa shape index (κ3) is 4.97. The summed E-state index contributed by atoms with van der Waals surface area (Å²) < 4.78 is 26.5. The maximum Gasteiger partial charge on any atom is 0.261 e. The molecule has 176 valence electrons. The SMILES string of the molecule is O=C(Nc1cc(NC(=O)C2C(c3cc(Cl)cc(Cl)c3)C2(Cl)Cl)ccc1Cl)c1c(F)cccc1F. The van der Waals surface area contributed by atoms with Crippen molar-refractivity contribution in [2.24, 2.45) is 5.92 Å². The first-order valence-electron chi connectivity index (χ1n) is 9.68. The van der Waals surface area contributed by atoms with E-state index in [-0.39, 0.29) is 16.4 Å². The number of halogens is 7. The summed E-state index contributed by atoms with van der Waals surface area (Å²) in [6.45, 7) is 0. The Balaban J connectivity index is 1.52. The van der Waals surface area contributed by atoms with E-state index in [0.29, 0.717) is 15.6 Å². The van der Waals surface area contributed by atoms with Gasteiger partial charge in [0.25, 0.3) is 5.91 Å². The lowest BCUT2D eigenvalue weighted by molar-refractivity contribution is -0.117.